The van der Waals surface area contributed by atoms with Crippen molar-refractivity contribution < 1.29 is 28.4 Å². The highest BCUT2D eigenvalue weighted by Gasteiger charge is 2.36. The molecule has 0 radical (unpaired) electrons. The van der Waals surface area contributed by atoms with Crippen LogP contribution in [0.2, 0.25) is 0 Å². The zero-order valence-corrected chi connectivity index (χ0v) is 14.9. The number of rotatable bonds is 6. The topological polar surface area (TPSA) is 111 Å². The maximum absolute atomic E-state index is 12.3. The Bertz CT molecular complexity index is 862. The van der Waals surface area contributed by atoms with Gasteiger partial charge in [0.25, 0.3) is 5.91 Å². The first-order valence-corrected chi connectivity index (χ1v) is 8.30. The van der Waals surface area contributed by atoms with Gasteiger partial charge in [-0.15, -0.1) is 0 Å². The van der Waals surface area contributed by atoms with E-state index in [0.29, 0.717) is 17.2 Å². The zero-order chi connectivity index (χ0) is 19.4. The van der Waals surface area contributed by atoms with Crippen LogP contribution in [0, 0.1) is 12.8 Å². The van der Waals surface area contributed by atoms with E-state index >= 15 is 0 Å². The van der Waals surface area contributed by atoms with Gasteiger partial charge in [-0.1, -0.05) is 11.2 Å². The average Bonchev–Trinajstić information content (AvgIpc) is 3.25. The number of aryl methyl sites for hydroxylation is 1. The Morgan fingerprint density at radius 2 is 2.19 bits per heavy atom. The lowest BCUT2D eigenvalue weighted by atomic mass is 10.1. The molecule has 0 aliphatic carbocycles. The number of ether oxygens (including phenoxy) is 2. The van der Waals surface area contributed by atoms with Gasteiger partial charge in [0, 0.05) is 30.8 Å². The molecule has 0 unspecified atom stereocenters. The van der Waals surface area contributed by atoms with Crippen LogP contribution in [-0.4, -0.2) is 43.2 Å². The van der Waals surface area contributed by atoms with Gasteiger partial charge >= 0.3 is 5.97 Å². The molecule has 2 heterocycles. The van der Waals surface area contributed by atoms with Crippen molar-refractivity contribution in [2.75, 3.05) is 30.5 Å². The van der Waals surface area contributed by atoms with Crippen LogP contribution in [0.15, 0.2) is 34.9 Å². The van der Waals surface area contributed by atoms with Gasteiger partial charge in [-0.25, -0.2) is 0 Å². The van der Waals surface area contributed by atoms with E-state index in [2.05, 4.69) is 10.5 Å². The molecule has 3 rings (SSSR count). The maximum Gasteiger partial charge on any atom is 0.311 e. The summed E-state index contributed by atoms with van der Waals surface area (Å²) in [5.41, 5.74) is 0.647. The first-order valence-electron chi connectivity index (χ1n) is 8.30. The van der Waals surface area contributed by atoms with Crippen LogP contribution in [0.4, 0.5) is 11.5 Å². The lowest BCUT2D eigenvalue weighted by Gasteiger charge is -2.17. The Morgan fingerprint density at radius 3 is 2.89 bits per heavy atom. The SMILES string of the molecule is COc1cccc(N2C[C@H](C(=O)OCC(=O)Nc3cc(C)on3)CC2=O)c1. The number of carbonyl (C=O) groups is 3. The lowest BCUT2D eigenvalue weighted by molar-refractivity contribution is -0.151. The summed E-state index contributed by atoms with van der Waals surface area (Å²) in [5.74, 6) is -0.548. The number of esters is 1. The Kier molecular flexibility index (Phi) is 5.39. The van der Waals surface area contributed by atoms with Crippen molar-refractivity contribution in [1.29, 1.82) is 0 Å². The molecule has 1 N–H and O–H groups in total. The largest absolute Gasteiger partial charge is 0.497 e. The number of aromatic nitrogens is 1. The van der Waals surface area contributed by atoms with Crippen LogP contribution >= 0.6 is 0 Å². The number of hydrogen-bond acceptors (Lipinski definition) is 7. The van der Waals surface area contributed by atoms with Gasteiger partial charge in [-0.05, 0) is 19.1 Å². The predicted molar refractivity (Wildman–Crippen MR) is 94.3 cm³/mol. The second-order valence-corrected chi connectivity index (χ2v) is 6.09. The smallest absolute Gasteiger partial charge is 0.311 e. The molecule has 1 atom stereocenters. The highest BCUT2D eigenvalue weighted by Crippen LogP contribution is 2.28. The highest BCUT2D eigenvalue weighted by molar-refractivity contribution is 6.00. The summed E-state index contributed by atoms with van der Waals surface area (Å²) >= 11 is 0. The maximum atomic E-state index is 12.3. The van der Waals surface area contributed by atoms with Gasteiger partial charge in [0.2, 0.25) is 5.91 Å². The van der Waals surface area contributed by atoms with E-state index in [1.807, 2.05) is 0 Å². The molecular formula is C18H19N3O6. The predicted octanol–water partition coefficient (Wildman–Crippen LogP) is 1.53. The number of nitrogens with zero attached hydrogens (tertiary/aromatic N) is 2. The standard InChI is InChI=1S/C18H19N3O6/c1-11-6-15(20-27-11)19-16(22)10-26-18(24)12-7-17(23)21(9-12)13-4-3-5-14(8-13)25-2/h3-6,8,12H,7,9-10H2,1-2H3,(H,19,20,22)/t12-/m1/s1. The van der Waals surface area contributed by atoms with E-state index in [9.17, 15) is 14.4 Å². The highest BCUT2D eigenvalue weighted by atomic mass is 16.5. The van der Waals surface area contributed by atoms with Crippen molar-refractivity contribution in [2.24, 2.45) is 5.92 Å². The van der Waals surface area contributed by atoms with E-state index in [0.717, 1.165) is 0 Å². The summed E-state index contributed by atoms with van der Waals surface area (Å²) in [5, 5.41) is 6.07. The molecule has 1 aliphatic rings. The third-order valence-corrected chi connectivity index (χ3v) is 4.06. The van der Waals surface area contributed by atoms with Crippen molar-refractivity contribution in [2.45, 2.75) is 13.3 Å². The van der Waals surface area contributed by atoms with Gasteiger partial charge in [0.1, 0.15) is 11.5 Å². The van der Waals surface area contributed by atoms with Crippen LogP contribution < -0.4 is 15.0 Å². The van der Waals surface area contributed by atoms with E-state index < -0.39 is 24.4 Å². The number of hydrogen-bond donors (Lipinski definition) is 1. The molecule has 1 fully saturated rings. The number of nitrogens with one attached hydrogen (secondary N) is 1. The zero-order valence-electron chi connectivity index (χ0n) is 14.9. The van der Waals surface area contributed by atoms with Gasteiger partial charge in [0.05, 0.1) is 13.0 Å². The van der Waals surface area contributed by atoms with Crippen LogP contribution in [0.3, 0.4) is 0 Å². The molecule has 2 aromatic rings. The second kappa shape index (κ2) is 7.90. The van der Waals surface area contributed by atoms with E-state index in [1.54, 1.807) is 37.3 Å². The van der Waals surface area contributed by atoms with Gasteiger partial charge in [-0.3, -0.25) is 14.4 Å². The monoisotopic (exact) mass is 373 g/mol. The fourth-order valence-corrected chi connectivity index (χ4v) is 2.75. The molecule has 0 saturated carbocycles. The molecule has 9 heteroatoms. The first kappa shape index (κ1) is 18.4. The molecule has 0 spiro atoms. The molecule has 27 heavy (non-hydrogen) atoms. The molecular weight excluding hydrogens is 354 g/mol. The van der Waals surface area contributed by atoms with Gasteiger partial charge in [0.15, 0.2) is 12.4 Å². The minimum absolute atomic E-state index is 0.0279. The third kappa shape index (κ3) is 4.43. The summed E-state index contributed by atoms with van der Waals surface area (Å²) in [7, 11) is 1.54. The number of methoxy groups -OCH3 is 1. The molecule has 142 valence electrons. The molecule has 2 amide bonds. The van der Waals surface area contributed by atoms with Crippen molar-refractivity contribution in [1.82, 2.24) is 5.16 Å². The Balaban J connectivity index is 1.53. The molecule has 1 aliphatic heterocycles. The van der Waals surface area contributed by atoms with Crippen molar-refractivity contribution >= 4 is 29.3 Å². The number of anilines is 2. The Morgan fingerprint density at radius 1 is 1.37 bits per heavy atom. The summed E-state index contributed by atoms with van der Waals surface area (Å²) in [6.45, 7) is 1.41. The first-order chi connectivity index (χ1) is 13.0. The van der Waals surface area contributed by atoms with Gasteiger partial charge < -0.3 is 24.2 Å². The normalized spacial score (nSPS) is 16.3. The fourth-order valence-electron chi connectivity index (χ4n) is 2.75. The molecule has 1 aromatic heterocycles. The number of benzene rings is 1. The quantitative estimate of drug-likeness (QED) is 0.764. The molecule has 0 bridgehead atoms. The number of carbonyl (C=O) groups excluding carboxylic acids is 3. The fraction of sp³-hybridized carbons (Fsp3) is 0.333. The number of amides is 2. The molecule has 9 nitrogen and oxygen atoms in total. The van der Waals surface area contributed by atoms with Crippen LogP contribution in [0.1, 0.15) is 12.2 Å². The summed E-state index contributed by atoms with van der Waals surface area (Å²) in [6, 6.07) is 8.57. The van der Waals surface area contributed by atoms with Crippen molar-refractivity contribution in [3.05, 3.63) is 36.1 Å². The molecule has 1 saturated heterocycles. The second-order valence-electron chi connectivity index (χ2n) is 6.09. The minimum atomic E-state index is -0.634. The average molecular weight is 373 g/mol. The van der Waals surface area contributed by atoms with Crippen LogP contribution in [0.25, 0.3) is 0 Å². The van der Waals surface area contributed by atoms with Crippen molar-refractivity contribution in [3.63, 3.8) is 0 Å². The van der Waals surface area contributed by atoms with E-state index in [4.69, 9.17) is 14.0 Å². The van der Waals surface area contributed by atoms with Crippen molar-refractivity contribution in [3.8, 4) is 5.75 Å². The third-order valence-electron chi connectivity index (χ3n) is 4.06. The minimum Gasteiger partial charge on any atom is -0.497 e. The lowest BCUT2D eigenvalue weighted by Crippen LogP contribution is -2.28. The van der Waals surface area contributed by atoms with Gasteiger partial charge in [-0.2, -0.15) is 0 Å². The van der Waals surface area contributed by atoms with Crippen LogP contribution in [0.5, 0.6) is 5.75 Å². The van der Waals surface area contributed by atoms with E-state index in [-0.39, 0.29) is 24.7 Å². The van der Waals surface area contributed by atoms with E-state index in [1.165, 1.54) is 12.0 Å². The Hall–Kier alpha value is -3.36. The Labute approximate surface area is 155 Å². The molecule has 1 aromatic carbocycles. The summed E-state index contributed by atoms with van der Waals surface area (Å²) in [4.78, 5) is 37.8. The summed E-state index contributed by atoms with van der Waals surface area (Å²) < 4.78 is 15.0. The summed E-state index contributed by atoms with van der Waals surface area (Å²) in [6.07, 6.45) is 0.0279. The van der Waals surface area contributed by atoms with Crippen LogP contribution in [-0.2, 0) is 19.1 Å².